The minimum atomic E-state index is 0.0954. The van der Waals surface area contributed by atoms with Crippen LogP contribution < -0.4 is 0 Å². The fourth-order valence-corrected chi connectivity index (χ4v) is 1.61. The van der Waals surface area contributed by atoms with Crippen LogP contribution in [-0.4, -0.2) is 5.78 Å². The quantitative estimate of drug-likeness (QED) is 0.757. The topological polar surface area (TPSA) is 30.2 Å². The van der Waals surface area contributed by atoms with Crippen LogP contribution in [0.25, 0.3) is 0 Å². The number of halogens is 1. The number of carbonyl (C=O) groups excluding carboxylic acids is 1. The maximum Gasteiger partial charge on any atom is 0.201 e. The summed E-state index contributed by atoms with van der Waals surface area (Å²) in [6, 6.07) is 3.46. The summed E-state index contributed by atoms with van der Waals surface area (Å²) < 4.78 is 5.81. The molecule has 0 aliphatic rings. The van der Waals surface area contributed by atoms with Crippen molar-refractivity contribution in [2.45, 2.75) is 26.7 Å². The second kappa shape index (κ2) is 4.61. The summed E-state index contributed by atoms with van der Waals surface area (Å²) in [7, 11) is 0. The van der Waals surface area contributed by atoms with Gasteiger partial charge in [0.1, 0.15) is 0 Å². The van der Waals surface area contributed by atoms with Gasteiger partial charge in [-0.1, -0.05) is 13.8 Å². The van der Waals surface area contributed by atoms with E-state index >= 15 is 0 Å². The predicted molar refractivity (Wildman–Crippen MR) is 54.8 cm³/mol. The maximum absolute atomic E-state index is 11.7. The van der Waals surface area contributed by atoms with E-state index in [0.29, 0.717) is 10.4 Å². The summed E-state index contributed by atoms with van der Waals surface area (Å²) in [5.41, 5.74) is 0. The summed E-state index contributed by atoms with van der Waals surface area (Å²) in [5, 5.41) is 0. The highest BCUT2D eigenvalue weighted by atomic mass is 79.9. The summed E-state index contributed by atoms with van der Waals surface area (Å²) >= 11 is 3.17. The standard InChI is InChI=1S/C10H13BrO2/c1-3-7(4-2)10(12)8-5-6-9(11)13-8/h5-7H,3-4H2,1-2H3. The first-order valence-electron chi connectivity index (χ1n) is 4.48. The lowest BCUT2D eigenvalue weighted by atomic mass is 9.97. The number of hydrogen-bond donors (Lipinski definition) is 0. The molecule has 0 aliphatic heterocycles. The molecule has 0 aliphatic carbocycles. The Bertz CT molecular complexity index is 287. The highest BCUT2D eigenvalue weighted by molar-refractivity contribution is 9.10. The van der Waals surface area contributed by atoms with E-state index in [0.717, 1.165) is 12.8 Å². The van der Waals surface area contributed by atoms with Gasteiger partial charge >= 0.3 is 0 Å². The first kappa shape index (κ1) is 10.5. The van der Waals surface area contributed by atoms with Gasteiger partial charge in [0.15, 0.2) is 10.4 Å². The third-order valence-corrected chi connectivity index (χ3v) is 2.60. The Hall–Kier alpha value is -0.570. The van der Waals surface area contributed by atoms with Crippen LogP contribution >= 0.6 is 15.9 Å². The van der Waals surface area contributed by atoms with Crippen molar-refractivity contribution >= 4 is 21.7 Å². The monoisotopic (exact) mass is 244 g/mol. The van der Waals surface area contributed by atoms with Gasteiger partial charge in [-0.15, -0.1) is 0 Å². The van der Waals surface area contributed by atoms with E-state index in [1.54, 1.807) is 12.1 Å². The van der Waals surface area contributed by atoms with E-state index in [1.165, 1.54) is 0 Å². The van der Waals surface area contributed by atoms with Gasteiger partial charge in [0.25, 0.3) is 0 Å². The molecule has 0 atom stereocenters. The lowest BCUT2D eigenvalue weighted by Crippen LogP contribution is -2.11. The first-order valence-corrected chi connectivity index (χ1v) is 5.27. The summed E-state index contributed by atoms with van der Waals surface area (Å²) in [6.45, 7) is 4.04. The molecule has 0 spiro atoms. The van der Waals surface area contributed by atoms with Gasteiger partial charge in [-0.05, 0) is 40.9 Å². The molecule has 1 aromatic rings. The number of hydrogen-bond acceptors (Lipinski definition) is 2. The van der Waals surface area contributed by atoms with Crippen LogP contribution in [0.4, 0.5) is 0 Å². The number of rotatable bonds is 4. The van der Waals surface area contributed by atoms with Crippen LogP contribution in [0.5, 0.6) is 0 Å². The molecule has 0 saturated heterocycles. The zero-order valence-electron chi connectivity index (χ0n) is 7.84. The second-order valence-electron chi connectivity index (χ2n) is 2.98. The molecule has 0 fully saturated rings. The van der Waals surface area contributed by atoms with Crippen molar-refractivity contribution in [3.8, 4) is 0 Å². The highest BCUT2D eigenvalue weighted by Crippen LogP contribution is 2.20. The first-order chi connectivity index (χ1) is 6.19. The van der Waals surface area contributed by atoms with E-state index in [4.69, 9.17) is 4.42 Å². The zero-order chi connectivity index (χ0) is 9.84. The fourth-order valence-electron chi connectivity index (χ4n) is 1.31. The molecule has 1 heterocycles. The number of furan rings is 1. The maximum atomic E-state index is 11.7. The van der Waals surface area contributed by atoms with Crippen LogP contribution in [0, 0.1) is 5.92 Å². The molecule has 0 amide bonds. The Morgan fingerprint density at radius 1 is 1.46 bits per heavy atom. The molecule has 0 unspecified atom stereocenters. The zero-order valence-corrected chi connectivity index (χ0v) is 9.43. The van der Waals surface area contributed by atoms with Crippen molar-refractivity contribution in [1.29, 1.82) is 0 Å². The summed E-state index contributed by atoms with van der Waals surface area (Å²) in [5.74, 6) is 0.661. The Kier molecular flexibility index (Phi) is 3.72. The smallest absolute Gasteiger partial charge is 0.201 e. The molecule has 0 aromatic carbocycles. The molecule has 3 heteroatoms. The largest absolute Gasteiger partial charge is 0.446 e. The van der Waals surface area contributed by atoms with Crippen LogP contribution in [0.15, 0.2) is 21.2 Å². The van der Waals surface area contributed by atoms with Crippen molar-refractivity contribution in [2.24, 2.45) is 5.92 Å². The van der Waals surface area contributed by atoms with Crippen molar-refractivity contribution in [3.05, 3.63) is 22.6 Å². The van der Waals surface area contributed by atoms with Gasteiger partial charge in [-0.2, -0.15) is 0 Å². The van der Waals surface area contributed by atoms with Crippen LogP contribution in [0.2, 0.25) is 0 Å². The Labute approximate surface area is 86.4 Å². The van der Waals surface area contributed by atoms with Crippen LogP contribution in [-0.2, 0) is 0 Å². The normalized spacial score (nSPS) is 10.8. The Balaban J connectivity index is 2.78. The van der Waals surface area contributed by atoms with E-state index < -0.39 is 0 Å². The molecule has 1 aromatic heterocycles. The predicted octanol–water partition coefficient (Wildman–Crippen LogP) is 3.66. The second-order valence-corrected chi connectivity index (χ2v) is 3.76. The molecular weight excluding hydrogens is 232 g/mol. The summed E-state index contributed by atoms with van der Waals surface area (Å²) in [6.07, 6.45) is 1.74. The molecule has 72 valence electrons. The lowest BCUT2D eigenvalue weighted by Gasteiger charge is -2.07. The molecule has 0 N–H and O–H groups in total. The highest BCUT2D eigenvalue weighted by Gasteiger charge is 2.19. The third-order valence-electron chi connectivity index (χ3n) is 2.17. The molecule has 0 saturated carbocycles. The third kappa shape index (κ3) is 2.44. The SMILES string of the molecule is CCC(CC)C(=O)c1ccc(Br)o1. The molecule has 2 nitrogen and oxygen atoms in total. The van der Waals surface area contributed by atoms with Gasteiger partial charge in [0.05, 0.1) is 0 Å². The fraction of sp³-hybridized carbons (Fsp3) is 0.500. The van der Waals surface area contributed by atoms with E-state index in [1.807, 2.05) is 13.8 Å². The van der Waals surface area contributed by atoms with Gasteiger partial charge < -0.3 is 4.42 Å². The van der Waals surface area contributed by atoms with Crippen molar-refractivity contribution < 1.29 is 9.21 Å². The van der Waals surface area contributed by atoms with Crippen LogP contribution in [0.1, 0.15) is 37.2 Å². The number of carbonyl (C=O) groups is 1. The minimum Gasteiger partial charge on any atom is -0.446 e. The summed E-state index contributed by atoms with van der Waals surface area (Å²) in [4.78, 5) is 11.7. The van der Waals surface area contributed by atoms with Gasteiger partial charge in [-0.25, -0.2) is 0 Å². The van der Waals surface area contributed by atoms with Crippen molar-refractivity contribution in [2.75, 3.05) is 0 Å². The van der Waals surface area contributed by atoms with Crippen molar-refractivity contribution in [3.63, 3.8) is 0 Å². The van der Waals surface area contributed by atoms with Gasteiger partial charge in [0.2, 0.25) is 5.78 Å². The van der Waals surface area contributed by atoms with Crippen LogP contribution in [0.3, 0.4) is 0 Å². The Morgan fingerprint density at radius 2 is 2.08 bits per heavy atom. The number of Topliss-reactive ketones (excluding diaryl/α,β-unsaturated/α-hetero) is 1. The molecule has 0 radical (unpaired) electrons. The average molecular weight is 245 g/mol. The molecular formula is C10H13BrO2. The van der Waals surface area contributed by atoms with Gasteiger partial charge in [0, 0.05) is 5.92 Å². The van der Waals surface area contributed by atoms with Gasteiger partial charge in [-0.3, -0.25) is 4.79 Å². The Morgan fingerprint density at radius 3 is 2.46 bits per heavy atom. The van der Waals surface area contributed by atoms with E-state index in [9.17, 15) is 4.79 Å². The lowest BCUT2D eigenvalue weighted by molar-refractivity contribution is 0.0883. The molecule has 0 bridgehead atoms. The minimum absolute atomic E-state index is 0.0954. The van der Waals surface area contributed by atoms with E-state index in [2.05, 4.69) is 15.9 Å². The molecule has 1 rings (SSSR count). The number of ketones is 1. The van der Waals surface area contributed by atoms with E-state index in [-0.39, 0.29) is 11.7 Å². The average Bonchev–Trinajstić information content (AvgIpc) is 2.54. The molecule has 13 heavy (non-hydrogen) atoms. The van der Waals surface area contributed by atoms with Crippen molar-refractivity contribution in [1.82, 2.24) is 0 Å².